The van der Waals surface area contributed by atoms with Crippen LogP contribution in [-0.2, 0) is 10.5 Å². The number of anilines is 2. The Labute approximate surface area is 182 Å². The van der Waals surface area contributed by atoms with Crippen molar-refractivity contribution in [3.8, 4) is 0 Å². The quantitative estimate of drug-likeness (QED) is 0.630. The van der Waals surface area contributed by atoms with Crippen LogP contribution in [0.5, 0.6) is 0 Å². The number of piperazine rings is 1. The number of halogens is 1. The number of nitrogens with zero attached hydrogens (tertiary/aromatic N) is 3. The van der Waals surface area contributed by atoms with E-state index in [0.717, 1.165) is 68.6 Å². The van der Waals surface area contributed by atoms with Gasteiger partial charge in [0.1, 0.15) is 0 Å². The Morgan fingerprint density at radius 3 is 2.38 bits per heavy atom. The van der Waals surface area contributed by atoms with Gasteiger partial charge in [-0.05, 0) is 55.3 Å². The Kier molecular flexibility index (Phi) is 7.01. The van der Waals surface area contributed by atoms with E-state index in [1.54, 1.807) is 11.8 Å². The van der Waals surface area contributed by atoms with Crippen molar-refractivity contribution in [2.45, 2.75) is 18.6 Å². The van der Waals surface area contributed by atoms with Gasteiger partial charge in [-0.1, -0.05) is 29.8 Å². The highest BCUT2D eigenvalue weighted by Gasteiger charge is 2.22. The molecule has 2 heterocycles. The minimum absolute atomic E-state index is 0.247. The normalized spacial score (nSPS) is 17.9. The van der Waals surface area contributed by atoms with Crippen molar-refractivity contribution in [1.82, 2.24) is 4.90 Å². The number of amides is 1. The zero-order chi connectivity index (χ0) is 20.1. The number of benzene rings is 2. The molecule has 2 aliphatic rings. The number of hydrogen-bond donors (Lipinski definition) is 0. The topological polar surface area (TPSA) is 26.8 Å². The summed E-state index contributed by atoms with van der Waals surface area (Å²) in [6.45, 7) is 6.21. The first-order valence-electron chi connectivity index (χ1n) is 10.4. The Balaban J connectivity index is 1.22. The second-order valence-corrected chi connectivity index (χ2v) is 9.10. The SMILES string of the molecule is O=C1CSCc2ccccc2N1CCCCN1CCN(c2ccc(Cl)cc2)CC1. The molecular formula is C23H28ClN3OS. The van der Waals surface area contributed by atoms with Crippen molar-refractivity contribution in [2.24, 2.45) is 0 Å². The largest absolute Gasteiger partial charge is 0.369 e. The first kappa shape index (κ1) is 20.6. The number of unbranched alkanes of at least 4 members (excludes halogenated alkanes) is 1. The predicted molar refractivity (Wildman–Crippen MR) is 124 cm³/mol. The second-order valence-electron chi connectivity index (χ2n) is 7.68. The maximum atomic E-state index is 12.5. The number of para-hydroxylation sites is 1. The molecule has 6 heteroatoms. The van der Waals surface area contributed by atoms with Gasteiger partial charge >= 0.3 is 0 Å². The molecule has 0 atom stereocenters. The molecule has 2 aromatic rings. The molecule has 4 nitrogen and oxygen atoms in total. The molecule has 0 spiro atoms. The molecule has 29 heavy (non-hydrogen) atoms. The number of carbonyl (C=O) groups is 1. The maximum absolute atomic E-state index is 12.5. The van der Waals surface area contributed by atoms with Gasteiger partial charge in [0, 0.05) is 54.9 Å². The fraction of sp³-hybridized carbons (Fsp3) is 0.435. The van der Waals surface area contributed by atoms with E-state index in [1.165, 1.54) is 11.3 Å². The van der Waals surface area contributed by atoms with Crippen LogP contribution >= 0.6 is 23.4 Å². The Hall–Kier alpha value is -1.69. The van der Waals surface area contributed by atoms with E-state index in [-0.39, 0.29) is 5.91 Å². The summed E-state index contributed by atoms with van der Waals surface area (Å²) in [6, 6.07) is 16.5. The fourth-order valence-electron chi connectivity index (χ4n) is 4.09. The van der Waals surface area contributed by atoms with Gasteiger partial charge in [0.2, 0.25) is 5.91 Å². The minimum Gasteiger partial charge on any atom is -0.369 e. The van der Waals surface area contributed by atoms with E-state index >= 15 is 0 Å². The third-order valence-electron chi connectivity index (χ3n) is 5.74. The summed E-state index contributed by atoms with van der Waals surface area (Å²) in [5, 5.41) is 0.788. The maximum Gasteiger partial charge on any atom is 0.236 e. The van der Waals surface area contributed by atoms with Crippen LogP contribution < -0.4 is 9.80 Å². The minimum atomic E-state index is 0.247. The van der Waals surface area contributed by atoms with Crippen molar-refractivity contribution in [3.05, 3.63) is 59.1 Å². The summed E-state index contributed by atoms with van der Waals surface area (Å²) in [7, 11) is 0. The Bertz CT molecular complexity index is 821. The first-order valence-corrected chi connectivity index (χ1v) is 11.9. The smallest absolute Gasteiger partial charge is 0.236 e. The van der Waals surface area contributed by atoms with E-state index in [4.69, 9.17) is 11.6 Å². The summed E-state index contributed by atoms with van der Waals surface area (Å²) in [5.74, 6) is 1.76. The average Bonchev–Trinajstić information content (AvgIpc) is 2.91. The zero-order valence-electron chi connectivity index (χ0n) is 16.7. The molecule has 0 aromatic heterocycles. The zero-order valence-corrected chi connectivity index (χ0v) is 18.3. The molecule has 4 rings (SSSR count). The Morgan fingerprint density at radius 2 is 1.59 bits per heavy atom. The van der Waals surface area contributed by atoms with Gasteiger partial charge in [0.15, 0.2) is 0 Å². The van der Waals surface area contributed by atoms with E-state index in [9.17, 15) is 4.79 Å². The summed E-state index contributed by atoms with van der Waals surface area (Å²) in [5.41, 5.74) is 3.64. The van der Waals surface area contributed by atoms with E-state index in [2.05, 4.69) is 40.1 Å². The number of thioether (sulfide) groups is 1. The lowest BCUT2D eigenvalue weighted by atomic mass is 10.1. The van der Waals surface area contributed by atoms with Crippen molar-refractivity contribution in [2.75, 3.05) is 54.8 Å². The van der Waals surface area contributed by atoms with E-state index < -0.39 is 0 Å². The van der Waals surface area contributed by atoms with Gasteiger partial charge < -0.3 is 9.80 Å². The number of hydrogen-bond acceptors (Lipinski definition) is 4. The molecule has 154 valence electrons. The van der Waals surface area contributed by atoms with E-state index in [1.807, 2.05) is 23.1 Å². The van der Waals surface area contributed by atoms with Crippen LogP contribution in [0.15, 0.2) is 48.5 Å². The summed E-state index contributed by atoms with van der Waals surface area (Å²) in [4.78, 5) is 19.5. The number of rotatable bonds is 6. The number of carbonyl (C=O) groups excluding carboxylic acids is 1. The van der Waals surface area contributed by atoms with Gasteiger partial charge in [-0.15, -0.1) is 11.8 Å². The van der Waals surface area contributed by atoms with Crippen molar-refractivity contribution in [3.63, 3.8) is 0 Å². The molecule has 0 saturated carbocycles. The van der Waals surface area contributed by atoms with Crippen LogP contribution in [-0.4, -0.2) is 55.8 Å². The van der Waals surface area contributed by atoms with Crippen LogP contribution in [0.1, 0.15) is 18.4 Å². The number of fused-ring (bicyclic) bond motifs is 1. The summed E-state index contributed by atoms with van der Waals surface area (Å²) < 4.78 is 0. The molecule has 0 bridgehead atoms. The van der Waals surface area contributed by atoms with Gasteiger partial charge in [0.25, 0.3) is 0 Å². The van der Waals surface area contributed by atoms with Crippen molar-refractivity contribution < 1.29 is 4.79 Å². The second kappa shape index (κ2) is 9.88. The highest BCUT2D eigenvalue weighted by Crippen LogP contribution is 2.29. The molecule has 1 fully saturated rings. The summed E-state index contributed by atoms with van der Waals surface area (Å²) >= 11 is 7.71. The lowest BCUT2D eigenvalue weighted by molar-refractivity contribution is -0.116. The highest BCUT2D eigenvalue weighted by atomic mass is 35.5. The molecule has 0 radical (unpaired) electrons. The van der Waals surface area contributed by atoms with Gasteiger partial charge in [0.05, 0.1) is 5.75 Å². The van der Waals surface area contributed by atoms with Crippen LogP contribution in [0.4, 0.5) is 11.4 Å². The Morgan fingerprint density at radius 1 is 0.862 bits per heavy atom. The van der Waals surface area contributed by atoms with E-state index in [0.29, 0.717) is 5.75 Å². The molecule has 1 saturated heterocycles. The fourth-order valence-corrected chi connectivity index (χ4v) is 5.11. The summed E-state index contributed by atoms with van der Waals surface area (Å²) in [6.07, 6.45) is 2.17. The molecular weight excluding hydrogens is 402 g/mol. The molecule has 0 aliphatic carbocycles. The average molecular weight is 430 g/mol. The monoisotopic (exact) mass is 429 g/mol. The van der Waals surface area contributed by atoms with Crippen LogP contribution in [0.3, 0.4) is 0 Å². The molecule has 1 amide bonds. The lowest BCUT2D eigenvalue weighted by Crippen LogP contribution is -2.46. The lowest BCUT2D eigenvalue weighted by Gasteiger charge is -2.36. The molecule has 0 unspecified atom stereocenters. The third-order valence-corrected chi connectivity index (χ3v) is 6.95. The standard InChI is InChI=1S/C23H28ClN3OS/c24-20-7-9-21(10-8-20)26-15-13-25(14-16-26)11-3-4-12-27-22-6-2-1-5-19(22)17-29-18-23(27)28/h1-2,5-10H,3-4,11-18H2. The van der Waals surface area contributed by atoms with Crippen molar-refractivity contribution in [1.29, 1.82) is 0 Å². The molecule has 2 aromatic carbocycles. The predicted octanol–water partition coefficient (Wildman–Crippen LogP) is 4.52. The third kappa shape index (κ3) is 5.27. The van der Waals surface area contributed by atoms with Gasteiger partial charge in [-0.25, -0.2) is 0 Å². The highest BCUT2D eigenvalue weighted by molar-refractivity contribution is 7.99. The molecule has 2 aliphatic heterocycles. The van der Waals surface area contributed by atoms with Crippen LogP contribution in [0, 0.1) is 0 Å². The first-order chi connectivity index (χ1) is 14.2. The van der Waals surface area contributed by atoms with Crippen LogP contribution in [0.25, 0.3) is 0 Å². The van der Waals surface area contributed by atoms with Gasteiger partial charge in [-0.2, -0.15) is 0 Å². The van der Waals surface area contributed by atoms with Crippen molar-refractivity contribution >= 4 is 40.6 Å². The van der Waals surface area contributed by atoms with Gasteiger partial charge in [-0.3, -0.25) is 9.69 Å². The molecule has 0 N–H and O–H groups in total. The van der Waals surface area contributed by atoms with Crippen LogP contribution in [0.2, 0.25) is 5.02 Å².